The first-order valence-electron chi connectivity index (χ1n) is 9.89. The van der Waals surface area contributed by atoms with E-state index in [0.717, 1.165) is 36.5 Å². The van der Waals surface area contributed by atoms with Gasteiger partial charge in [-0.15, -0.1) is 11.8 Å². The summed E-state index contributed by atoms with van der Waals surface area (Å²) in [7, 11) is 0. The van der Waals surface area contributed by atoms with Crippen molar-refractivity contribution < 1.29 is 4.74 Å². The second kappa shape index (κ2) is 11.6. The van der Waals surface area contributed by atoms with E-state index in [9.17, 15) is 5.26 Å². The summed E-state index contributed by atoms with van der Waals surface area (Å²) in [6, 6.07) is 18.4. The largest absolute Gasteiger partial charge is 0.492 e. The van der Waals surface area contributed by atoms with Gasteiger partial charge >= 0.3 is 0 Å². The Labute approximate surface area is 174 Å². The van der Waals surface area contributed by atoms with Gasteiger partial charge in [-0.1, -0.05) is 39.8 Å². The molecule has 0 N–H and O–H groups in total. The van der Waals surface area contributed by atoms with Crippen LogP contribution in [0.25, 0.3) is 11.6 Å². The summed E-state index contributed by atoms with van der Waals surface area (Å²) in [5.41, 5.74) is 2.59. The second-order valence-electron chi connectivity index (χ2n) is 6.81. The Hall–Kier alpha value is -2.22. The van der Waals surface area contributed by atoms with Crippen LogP contribution in [0.1, 0.15) is 38.8 Å². The van der Waals surface area contributed by atoms with Crippen LogP contribution in [-0.2, 0) is 0 Å². The summed E-state index contributed by atoms with van der Waals surface area (Å²) in [6.07, 6.45) is 1.93. The van der Waals surface area contributed by atoms with Gasteiger partial charge in [-0.2, -0.15) is 5.26 Å². The lowest BCUT2D eigenvalue weighted by Crippen LogP contribution is -2.27. The highest BCUT2D eigenvalue weighted by atomic mass is 32.2. The Morgan fingerprint density at radius 2 is 1.71 bits per heavy atom. The quantitative estimate of drug-likeness (QED) is 0.282. The fourth-order valence-electron chi connectivity index (χ4n) is 2.82. The first-order chi connectivity index (χ1) is 13.5. The lowest BCUT2D eigenvalue weighted by molar-refractivity contribution is 0.223. The van der Waals surface area contributed by atoms with Crippen LogP contribution in [-0.4, -0.2) is 36.4 Å². The predicted molar refractivity (Wildman–Crippen MR) is 121 cm³/mol. The third-order valence-corrected chi connectivity index (χ3v) is 5.44. The zero-order valence-corrected chi connectivity index (χ0v) is 18.1. The van der Waals surface area contributed by atoms with Crippen LogP contribution in [0.2, 0.25) is 0 Å². The van der Waals surface area contributed by atoms with Gasteiger partial charge in [0.15, 0.2) is 0 Å². The predicted octanol–water partition coefficient (Wildman–Crippen LogP) is 5.97. The van der Waals surface area contributed by atoms with Crippen molar-refractivity contribution >= 4 is 23.4 Å². The molecule has 0 saturated carbocycles. The second-order valence-corrected chi connectivity index (χ2v) is 8.46. The summed E-state index contributed by atoms with van der Waals surface area (Å²) in [5, 5.41) is 10.1. The van der Waals surface area contributed by atoms with Crippen LogP contribution >= 0.6 is 11.8 Å². The van der Waals surface area contributed by atoms with Crippen LogP contribution in [0, 0.1) is 11.3 Å². The van der Waals surface area contributed by atoms with Gasteiger partial charge in [0.1, 0.15) is 12.4 Å². The number of thioether (sulfide) groups is 1. The molecule has 0 atom stereocenters. The minimum Gasteiger partial charge on any atom is -0.492 e. The number of likely N-dealkylation sites (N-methyl/N-ethyl adjacent to an activating group) is 1. The van der Waals surface area contributed by atoms with E-state index in [2.05, 4.69) is 62.9 Å². The third kappa shape index (κ3) is 7.07. The molecule has 0 heterocycles. The van der Waals surface area contributed by atoms with Crippen molar-refractivity contribution in [1.82, 2.24) is 4.90 Å². The summed E-state index contributed by atoms with van der Waals surface area (Å²) >= 11 is 1.84. The van der Waals surface area contributed by atoms with Crippen LogP contribution in [0.5, 0.6) is 5.75 Å². The third-order valence-electron chi connectivity index (χ3n) is 4.42. The minimum absolute atomic E-state index is 0.559. The van der Waals surface area contributed by atoms with Gasteiger partial charge in [-0.05, 0) is 66.7 Å². The SMILES string of the molecule is CCN(CC)CCOc1ccc(/C(C#N)=C/c2ccc(SC(C)C)cc2)cc1. The van der Waals surface area contributed by atoms with Gasteiger partial charge in [0, 0.05) is 16.7 Å². The Morgan fingerprint density at radius 1 is 1.07 bits per heavy atom. The molecule has 148 valence electrons. The first kappa shape index (κ1) is 22.1. The van der Waals surface area contributed by atoms with E-state index in [-0.39, 0.29) is 0 Å². The van der Waals surface area contributed by atoms with E-state index < -0.39 is 0 Å². The standard InChI is InChI=1S/C24H30N2OS/c1-5-26(6-2)15-16-27-23-11-9-21(10-12-23)22(18-25)17-20-7-13-24(14-8-20)28-19(3)4/h7-14,17,19H,5-6,15-16H2,1-4H3/b22-17+. The molecule has 2 aromatic rings. The van der Waals surface area contributed by atoms with E-state index in [1.165, 1.54) is 4.90 Å². The molecule has 0 aliphatic carbocycles. The molecule has 2 aromatic carbocycles. The molecular weight excluding hydrogens is 364 g/mol. The highest BCUT2D eigenvalue weighted by Crippen LogP contribution is 2.25. The summed E-state index contributed by atoms with van der Waals surface area (Å²) in [4.78, 5) is 3.58. The van der Waals surface area contributed by atoms with Crippen LogP contribution in [0.3, 0.4) is 0 Å². The minimum atomic E-state index is 0.559. The van der Waals surface area contributed by atoms with Gasteiger partial charge in [0.05, 0.1) is 11.6 Å². The smallest absolute Gasteiger partial charge is 0.119 e. The van der Waals surface area contributed by atoms with Gasteiger partial charge in [0.25, 0.3) is 0 Å². The van der Waals surface area contributed by atoms with Crippen molar-refractivity contribution in [3.63, 3.8) is 0 Å². The van der Waals surface area contributed by atoms with Gasteiger partial charge in [0.2, 0.25) is 0 Å². The number of benzene rings is 2. The number of allylic oxidation sites excluding steroid dienone is 1. The molecule has 3 nitrogen and oxygen atoms in total. The Bertz CT molecular complexity index is 785. The first-order valence-corrected chi connectivity index (χ1v) is 10.8. The van der Waals surface area contributed by atoms with Crippen molar-refractivity contribution in [3.8, 4) is 11.8 Å². The molecule has 0 unspecified atom stereocenters. The van der Waals surface area contributed by atoms with E-state index in [1.807, 2.05) is 42.1 Å². The molecule has 0 bridgehead atoms. The van der Waals surface area contributed by atoms with E-state index in [0.29, 0.717) is 17.4 Å². The van der Waals surface area contributed by atoms with Crippen LogP contribution in [0.15, 0.2) is 53.4 Å². The summed E-state index contributed by atoms with van der Waals surface area (Å²) < 4.78 is 5.83. The average Bonchev–Trinajstić information content (AvgIpc) is 2.71. The molecule has 0 saturated heterocycles. The molecule has 0 amide bonds. The maximum absolute atomic E-state index is 9.58. The molecule has 0 fully saturated rings. The highest BCUT2D eigenvalue weighted by molar-refractivity contribution is 7.99. The van der Waals surface area contributed by atoms with Crippen molar-refractivity contribution in [2.24, 2.45) is 0 Å². The number of nitriles is 1. The molecule has 0 aliphatic heterocycles. The molecule has 2 rings (SSSR count). The maximum atomic E-state index is 9.58. The molecule has 4 heteroatoms. The lowest BCUT2D eigenvalue weighted by atomic mass is 10.0. The zero-order chi connectivity index (χ0) is 20.4. The van der Waals surface area contributed by atoms with Crippen molar-refractivity contribution in [1.29, 1.82) is 5.26 Å². The number of hydrogen-bond acceptors (Lipinski definition) is 4. The molecule has 0 spiro atoms. The zero-order valence-electron chi connectivity index (χ0n) is 17.3. The lowest BCUT2D eigenvalue weighted by Gasteiger charge is -2.18. The van der Waals surface area contributed by atoms with E-state index >= 15 is 0 Å². The Balaban J connectivity index is 2.02. The molecule has 0 aliphatic rings. The van der Waals surface area contributed by atoms with Crippen molar-refractivity contribution in [2.75, 3.05) is 26.2 Å². The van der Waals surface area contributed by atoms with E-state index in [4.69, 9.17) is 4.74 Å². The average molecular weight is 395 g/mol. The fourth-order valence-corrected chi connectivity index (χ4v) is 3.66. The van der Waals surface area contributed by atoms with Gasteiger partial charge in [-0.3, -0.25) is 0 Å². The molecule has 0 aromatic heterocycles. The molecule has 0 radical (unpaired) electrons. The Morgan fingerprint density at radius 3 is 2.25 bits per heavy atom. The van der Waals surface area contributed by atoms with Crippen LogP contribution in [0.4, 0.5) is 0 Å². The van der Waals surface area contributed by atoms with Crippen molar-refractivity contribution in [2.45, 2.75) is 37.8 Å². The number of ether oxygens (including phenoxy) is 1. The normalized spacial score (nSPS) is 11.7. The number of hydrogen-bond donors (Lipinski definition) is 0. The monoisotopic (exact) mass is 394 g/mol. The molecular formula is C24H30N2OS. The van der Waals surface area contributed by atoms with E-state index in [1.54, 1.807) is 0 Å². The van der Waals surface area contributed by atoms with Gasteiger partial charge < -0.3 is 9.64 Å². The van der Waals surface area contributed by atoms with Crippen LogP contribution < -0.4 is 4.74 Å². The summed E-state index contributed by atoms with van der Waals surface area (Å²) in [5.74, 6) is 0.836. The molecule has 28 heavy (non-hydrogen) atoms. The Kier molecular flexibility index (Phi) is 9.13. The van der Waals surface area contributed by atoms with Crippen molar-refractivity contribution in [3.05, 3.63) is 59.7 Å². The van der Waals surface area contributed by atoms with Gasteiger partial charge in [-0.25, -0.2) is 0 Å². The number of nitrogens with zero attached hydrogens (tertiary/aromatic N) is 2. The maximum Gasteiger partial charge on any atom is 0.119 e. The highest BCUT2D eigenvalue weighted by Gasteiger charge is 2.04. The number of rotatable bonds is 10. The topological polar surface area (TPSA) is 36.3 Å². The summed E-state index contributed by atoms with van der Waals surface area (Å²) in [6.45, 7) is 12.3. The fraction of sp³-hybridized carbons (Fsp3) is 0.375.